The fourth-order valence-electron chi connectivity index (χ4n) is 1.37. The summed E-state index contributed by atoms with van der Waals surface area (Å²) in [5, 5.41) is 3.20. The van der Waals surface area contributed by atoms with Crippen LogP contribution in [0, 0.1) is 6.92 Å². The maximum Gasteiger partial charge on any atom is 0.148 e. The first-order valence-corrected chi connectivity index (χ1v) is 7.71. The van der Waals surface area contributed by atoms with Crippen LogP contribution in [-0.4, -0.2) is 26.5 Å². The van der Waals surface area contributed by atoms with Gasteiger partial charge in [0.05, 0.1) is 5.75 Å². The molecule has 3 nitrogen and oxygen atoms in total. The van der Waals surface area contributed by atoms with Crippen molar-refractivity contribution in [1.29, 1.82) is 0 Å². The first kappa shape index (κ1) is 12.7. The lowest BCUT2D eigenvalue weighted by molar-refractivity contribution is 0.562. The summed E-state index contributed by atoms with van der Waals surface area (Å²) in [6, 6.07) is 4.14. The van der Waals surface area contributed by atoms with Crippen LogP contribution in [-0.2, 0) is 16.4 Å². The molecule has 0 radical (unpaired) electrons. The SMILES string of the molecule is Cc1ccc(CNC(C)CS(C)(=O)=O)s1. The molecule has 1 aromatic rings. The Hall–Kier alpha value is -0.390. The number of nitrogens with one attached hydrogen (secondary N) is 1. The van der Waals surface area contributed by atoms with Crippen LogP contribution in [0.3, 0.4) is 0 Å². The number of hydrogen-bond donors (Lipinski definition) is 1. The van der Waals surface area contributed by atoms with E-state index in [9.17, 15) is 8.42 Å². The Morgan fingerprint density at radius 2 is 2.13 bits per heavy atom. The van der Waals surface area contributed by atoms with E-state index in [-0.39, 0.29) is 11.8 Å². The van der Waals surface area contributed by atoms with E-state index >= 15 is 0 Å². The Kier molecular flexibility index (Phi) is 4.31. The normalized spacial score (nSPS) is 14.1. The minimum Gasteiger partial charge on any atom is -0.308 e. The largest absolute Gasteiger partial charge is 0.308 e. The third-order valence-electron chi connectivity index (χ3n) is 1.97. The highest BCUT2D eigenvalue weighted by molar-refractivity contribution is 7.90. The fourth-order valence-corrected chi connectivity index (χ4v) is 3.24. The molecule has 0 aliphatic carbocycles. The molecular weight excluding hydrogens is 230 g/mol. The van der Waals surface area contributed by atoms with Crippen LogP contribution in [0.1, 0.15) is 16.7 Å². The van der Waals surface area contributed by atoms with Gasteiger partial charge in [-0.05, 0) is 26.0 Å². The summed E-state index contributed by atoms with van der Waals surface area (Å²) >= 11 is 1.74. The van der Waals surface area contributed by atoms with Crippen molar-refractivity contribution < 1.29 is 8.42 Å². The van der Waals surface area contributed by atoms with Gasteiger partial charge in [-0.1, -0.05) is 0 Å². The standard InChI is InChI=1S/C10H17NO2S2/c1-8(7-15(3,12)13)11-6-10-5-4-9(2)14-10/h4-5,8,11H,6-7H2,1-3H3. The van der Waals surface area contributed by atoms with E-state index in [0.29, 0.717) is 0 Å². The van der Waals surface area contributed by atoms with Crippen molar-refractivity contribution >= 4 is 21.2 Å². The lowest BCUT2D eigenvalue weighted by atomic mass is 10.3. The smallest absolute Gasteiger partial charge is 0.148 e. The number of rotatable bonds is 5. The molecule has 1 rings (SSSR count). The summed E-state index contributed by atoms with van der Waals surface area (Å²) in [6.07, 6.45) is 1.26. The second-order valence-corrected chi connectivity index (χ2v) is 7.44. The highest BCUT2D eigenvalue weighted by Gasteiger charge is 2.09. The number of aryl methyl sites for hydroxylation is 1. The Morgan fingerprint density at radius 3 is 2.60 bits per heavy atom. The van der Waals surface area contributed by atoms with Crippen molar-refractivity contribution in [3.8, 4) is 0 Å². The van der Waals surface area contributed by atoms with Crippen molar-refractivity contribution in [2.75, 3.05) is 12.0 Å². The van der Waals surface area contributed by atoms with Gasteiger partial charge in [-0.25, -0.2) is 8.42 Å². The zero-order chi connectivity index (χ0) is 11.5. The molecule has 86 valence electrons. The van der Waals surface area contributed by atoms with Crippen LogP contribution < -0.4 is 5.32 Å². The second kappa shape index (κ2) is 5.09. The van der Waals surface area contributed by atoms with Crippen molar-refractivity contribution in [2.45, 2.75) is 26.4 Å². The molecule has 0 saturated heterocycles. The third-order valence-corrected chi connectivity index (χ3v) is 4.08. The van der Waals surface area contributed by atoms with Gasteiger partial charge in [-0.15, -0.1) is 11.3 Å². The minimum atomic E-state index is -2.88. The number of sulfone groups is 1. The molecule has 0 aromatic carbocycles. The molecule has 0 aliphatic heterocycles. The van der Waals surface area contributed by atoms with E-state index in [1.54, 1.807) is 11.3 Å². The van der Waals surface area contributed by atoms with Gasteiger partial charge in [0.25, 0.3) is 0 Å². The molecule has 0 saturated carbocycles. The predicted octanol–water partition coefficient (Wildman–Crippen LogP) is 1.58. The molecule has 1 heterocycles. The zero-order valence-corrected chi connectivity index (χ0v) is 10.9. The van der Waals surface area contributed by atoms with E-state index in [2.05, 4.69) is 24.4 Å². The molecule has 15 heavy (non-hydrogen) atoms. The fraction of sp³-hybridized carbons (Fsp3) is 0.600. The average Bonchev–Trinajstić information content (AvgIpc) is 2.45. The molecule has 0 aliphatic rings. The van der Waals surface area contributed by atoms with Crippen molar-refractivity contribution in [3.05, 3.63) is 21.9 Å². The summed E-state index contributed by atoms with van der Waals surface area (Å²) < 4.78 is 22.0. The van der Waals surface area contributed by atoms with Gasteiger partial charge in [0, 0.05) is 28.6 Å². The van der Waals surface area contributed by atoms with Crippen LogP contribution in [0.25, 0.3) is 0 Å². The third kappa shape index (κ3) is 5.30. The lowest BCUT2D eigenvalue weighted by Crippen LogP contribution is -2.31. The van der Waals surface area contributed by atoms with E-state index in [0.717, 1.165) is 6.54 Å². The molecule has 0 spiro atoms. The number of thiophene rings is 1. The number of hydrogen-bond acceptors (Lipinski definition) is 4. The summed E-state index contributed by atoms with van der Waals surface area (Å²) in [4.78, 5) is 2.52. The van der Waals surface area contributed by atoms with Gasteiger partial charge < -0.3 is 5.32 Å². The molecule has 0 bridgehead atoms. The Labute approximate surface area is 95.4 Å². The zero-order valence-electron chi connectivity index (χ0n) is 9.28. The van der Waals surface area contributed by atoms with Crippen LogP contribution >= 0.6 is 11.3 Å². The topological polar surface area (TPSA) is 46.2 Å². The van der Waals surface area contributed by atoms with Gasteiger partial charge in [0.15, 0.2) is 0 Å². The Balaban J connectivity index is 2.37. The molecular formula is C10H17NO2S2. The minimum absolute atomic E-state index is 0.00223. The Bertz CT molecular complexity index is 409. The molecule has 1 unspecified atom stereocenters. The van der Waals surface area contributed by atoms with E-state index in [1.165, 1.54) is 16.0 Å². The molecule has 1 atom stereocenters. The van der Waals surface area contributed by atoms with Crippen molar-refractivity contribution in [1.82, 2.24) is 5.32 Å². The maximum atomic E-state index is 11.0. The predicted molar refractivity (Wildman–Crippen MR) is 65.1 cm³/mol. The van der Waals surface area contributed by atoms with Crippen molar-refractivity contribution in [2.24, 2.45) is 0 Å². The molecule has 5 heteroatoms. The van der Waals surface area contributed by atoms with Gasteiger partial charge >= 0.3 is 0 Å². The molecule has 0 amide bonds. The van der Waals surface area contributed by atoms with Crippen molar-refractivity contribution in [3.63, 3.8) is 0 Å². The summed E-state index contributed by atoms with van der Waals surface area (Å²) in [6.45, 7) is 4.70. The van der Waals surface area contributed by atoms with Gasteiger partial charge in [0.2, 0.25) is 0 Å². The Morgan fingerprint density at radius 1 is 1.47 bits per heavy atom. The van der Waals surface area contributed by atoms with Crippen LogP contribution in [0.15, 0.2) is 12.1 Å². The first-order chi connectivity index (χ1) is 6.87. The lowest BCUT2D eigenvalue weighted by Gasteiger charge is -2.11. The van der Waals surface area contributed by atoms with Gasteiger partial charge in [-0.3, -0.25) is 0 Å². The van der Waals surface area contributed by atoms with E-state index < -0.39 is 9.84 Å². The summed E-state index contributed by atoms with van der Waals surface area (Å²) in [7, 11) is -2.88. The van der Waals surface area contributed by atoms with E-state index in [1.807, 2.05) is 6.92 Å². The highest BCUT2D eigenvalue weighted by atomic mass is 32.2. The first-order valence-electron chi connectivity index (χ1n) is 4.83. The summed E-state index contributed by atoms with van der Waals surface area (Å²) in [5.74, 6) is 0.192. The molecule has 0 fully saturated rings. The monoisotopic (exact) mass is 247 g/mol. The van der Waals surface area contributed by atoms with Crippen LogP contribution in [0.4, 0.5) is 0 Å². The second-order valence-electron chi connectivity index (χ2n) is 3.89. The van der Waals surface area contributed by atoms with Gasteiger partial charge in [-0.2, -0.15) is 0 Å². The average molecular weight is 247 g/mol. The quantitative estimate of drug-likeness (QED) is 0.859. The molecule has 1 aromatic heterocycles. The van der Waals surface area contributed by atoms with E-state index in [4.69, 9.17) is 0 Å². The molecule has 1 N–H and O–H groups in total. The summed E-state index contributed by atoms with van der Waals surface area (Å²) in [5.41, 5.74) is 0. The van der Waals surface area contributed by atoms with Crippen LogP contribution in [0.2, 0.25) is 0 Å². The van der Waals surface area contributed by atoms with Gasteiger partial charge in [0.1, 0.15) is 9.84 Å². The highest BCUT2D eigenvalue weighted by Crippen LogP contribution is 2.14. The maximum absolute atomic E-state index is 11.0. The van der Waals surface area contributed by atoms with Crippen LogP contribution in [0.5, 0.6) is 0 Å².